The van der Waals surface area contributed by atoms with E-state index >= 15 is 0 Å². The Labute approximate surface area is 120 Å². The Kier molecular flexibility index (Phi) is 6.78. The van der Waals surface area contributed by atoms with Crippen LogP contribution in [0, 0.1) is 5.92 Å². The van der Waals surface area contributed by atoms with Crippen LogP contribution in [0.3, 0.4) is 0 Å². The number of aliphatic carboxylic acids is 1. The van der Waals surface area contributed by atoms with Gasteiger partial charge in [-0.25, -0.2) is 9.59 Å². The van der Waals surface area contributed by atoms with E-state index in [0.717, 1.165) is 25.9 Å². The van der Waals surface area contributed by atoms with Crippen LogP contribution in [0.15, 0.2) is 0 Å². The monoisotopic (exact) mass is 286 g/mol. The van der Waals surface area contributed by atoms with Gasteiger partial charge in [0, 0.05) is 20.2 Å². The van der Waals surface area contributed by atoms with Crippen molar-refractivity contribution in [3.63, 3.8) is 0 Å². The predicted molar refractivity (Wildman–Crippen MR) is 75.6 cm³/mol. The first-order chi connectivity index (χ1) is 9.40. The summed E-state index contributed by atoms with van der Waals surface area (Å²) in [7, 11) is 1.67. The highest BCUT2D eigenvalue weighted by Crippen LogP contribution is 2.13. The lowest BCUT2D eigenvalue weighted by Gasteiger charge is -2.28. The first-order valence-electron chi connectivity index (χ1n) is 7.26. The molecule has 116 valence electrons. The molecule has 1 saturated heterocycles. The topological polar surface area (TPSA) is 78.9 Å². The fraction of sp³-hybridized carbons (Fsp3) is 0.857. The third kappa shape index (κ3) is 5.77. The summed E-state index contributed by atoms with van der Waals surface area (Å²) in [6.07, 6.45) is 3.63. The van der Waals surface area contributed by atoms with Crippen molar-refractivity contribution in [2.24, 2.45) is 5.92 Å². The average molecular weight is 286 g/mol. The number of amides is 2. The van der Waals surface area contributed by atoms with Crippen LogP contribution in [-0.2, 0) is 9.53 Å². The van der Waals surface area contributed by atoms with E-state index in [2.05, 4.69) is 5.32 Å². The molecule has 0 bridgehead atoms. The van der Waals surface area contributed by atoms with Gasteiger partial charge in [-0.05, 0) is 31.6 Å². The van der Waals surface area contributed by atoms with Crippen molar-refractivity contribution in [2.75, 3.05) is 20.2 Å². The van der Waals surface area contributed by atoms with E-state index in [0.29, 0.717) is 13.0 Å². The molecule has 2 unspecified atom stereocenters. The van der Waals surface area contributed by atoms with Gasteiger partial charge in [-0.1, -0.05) is 13.8 Å². The number of urea groups is 1. The first kappa shape index (κ1) is 16.8. The zero-order valence-corrected chi connectivity index (χ0v) is 12.6. The van der Waals surface area contributed by atoms with Crippen molar-refractivity contribution in [2.45, 2.75) is 51.7 Å². The third-order valence-electron chi connectivity index (χ3n) is 3.40. The molecule has 2 amide bonds. The van der Waals surface area contributed by atoms with Gasteiger partial charge in [0.1, 0.15) is 6.04 Å². The van der Waals surface area contributed by atoms with E-state index in [-0.39, 0.29) is 18.1 Å². The minimum Gasteiger partial charge on any atom is -0.480 e. The van der Waals surface area contributed by atoms with Crippen molar-refractivity contribution >= 4 is 12.0 Å². The number of likely N-dealkylation sites (N-methyl/N-ethyl adjacent to an activating group) is 1. The standard InChI is InChI=1S/C14H26N2O4/c1-10(2)8-12(13(17)18)15-14(19)16(3)9-11-6-4-5-7-20-11/h10-12H,4-9H2,1-3H3,(H,15,19)(H,17,18). The number of carbonyl (C=O) groups is 2. The van der Waals surface area contributed by atoms with Crippen LogP contribution in [-0.4, -0.2) is 54.4 Å². The van der Waals surface area contributed by atoms with E-state index in [9.17, 15) is 9.59 Å². The van der Waals surface area contributed by atoms with Crippen LogP contribution >= 0.6 is 0 Å². The lowest BCUT2D eigenvalue weighted by atomic mass is 10.0. The Morgan fingerprint density at radius 1 is 1.40 bits per heavy atom. The summed E-state index contributed by atoms with van der Waals surface area (Å²) in [4.78, 5) is 24.6. The number of carbonyl (C=O) groups excluding carboxylic acids is 1. The van der Waals surface area contributed by atoms with Crippen molar-refractivity contribution < 1.29 is 19.4 Å². The maximum atomic E-state index is 12.0. The lowest BCUT2D eigenvalue weighted by molar-refractivity contribution is -0.139. The summed E-state index contributed by atoms with van der Waals surface area (Å²) in [6, 6.07) is -1.19. The normalized spacial score (nSPS) is 20.5. The molecule has 2 N–H and O–H groups in total. The van der Waals surface area contributed by atoms with Crippen molar-refractivity contribution in [1.82, 2.24) is 10.2 Å². The molecule has 20 heavy (non-hydrogen) atoms. The molecule has 0 aromatic carbocycles. The molecule has 1 aliphatic rings. The van der Waals surface area contributed by atoms with E-state index in [1.165, 1.54) is 4.90 Å². The van der Waals surface area contributed by atoms with Gasteiger partial charge in [-0.3, -0.25) is 0 Å². The number of carboxylic acid groups (broad SMARTS) is 1. The van der Waals surface area contributed by atoms with Gasteiger partial charge in [0.05, 0.1) is 6.10 Å². The van der Waals surface area contributed by atoms with Gasteiger partial charge in [0.25, 0.3) is 0 Å². The Morgan fingerprint density at radius 2 is 2.10 bits per heavy atom. The highest BCUT2D eigenvalue weighted by molar-refractivity contribution is 5.82. The quantitative estimate of drug-likeness (QED) is 0.779. The number of ether oxygens (including phenoxy) is 1. The number of nitrogens with zero attached hydrogens (tertiary/aromatic N) is 1. The smallest absolute Gasteiger partial charge is 0.326 e. The van der Waals surface area contributed by atoms with Gasteiger partial charge in [0.15, 0.2) is 0 Å². The molecule has 1 rings (SSSR count). The van der Waals surface area contributed by atoms with E-state index in [1.807, 2.05) is 13.8 Å². The predicted octanol–water partition coefficient (Wildman–Crippen LogP) is 1.70. The largest absolute Gasteiger partial charge is 0.480 e. The van der Waals surface area contributed by atoms with E-state index in [1.54, 1.807) is 7.05 Å². The van der Waals surface area contributed by atoms with Gasteiger partial charge in [0.2, 0.25) is 0 Å². The molecule has 6 nitrogen and oxygen atoms in total. The van der Waals surface area contributed by atoms with Crippen LogP contribution in [0.5, 0.6) is 0 Å². The van der Waals surface area contributed by atoms with Crippen molar-refractivity contribution in [1.29, 1.82) is 0 Å². The van der Waals surface area contributed by atoms with Crippen LogP contribution in [0.25, 0.3) is 0 Å². The molecular weight excluding hydrogens is 260 g/mol. The number of nitrogens with one attached hydrogen (secondary N) is 1. The maximum absolute atomic E-state index is 12.0. The second-order valence-corrected chi connectivity index (χ2v) is 5.84. The second kappa shape index (κ2) is 8.09. The molecule has 1 fully saturated rings. The van der Waals surface area contributed by atoms with Crippen molar-refractivity contribution in [3.05, 3.63) is 0 Å². The maximum Gasteiger partial charge on any atom is 0.326 e. The molecule has 6 heteroatoms. The first-order valence-corrected chi connectivity index (χ1v) is 7.26. The van der Waals surface area contributed by atoms with Crippen LogP contribution < -0.4 is 5.32 Å². The molecule has 1 aliphatic heterocycles. The SMILES string of the molecule is CC(C)CC(NC(=O)N(C)CC1CCCCO1)C(=O)O. The average Bonchev–Trinajstić information content (AvgIpc) is 2.38. The molecule has 0 aromatic rings. The van der Waals surface area contributed by atoms with Gasteiger partial charge in [-0.15, -0.1) is 0 Å². The number of hydrogen-bond acceptors (Lipinski definition) is 3. The molecule has 0 radical (unpaired) electrons. The van der Waals surface area contributed by atoms with Crippen LogP contribution in [0.4, 0.5) is 4.79 Å². The van der Waals surface area contributed by atoms with Gasteiger partial charge in [-0.2, -0.15) is 0 Å². The van der Waals surface area contributed by atoms with Crippen molar-refractivity contribution in [3.8, 4) is 0 Å². The number of hydrogen-bond donors (Lipinski definition) is 2. The zero-order valence-electron chi connectivity index (χ0n) is 12.6. The second-order valence-electron chi connectivity index (χ2n) is 5.84. The fourth-order valence-corrected chi connectivity index (χ4v) is 2.29. The minimum atomic E-state index is -0.991. The summed E-state index contributed by atoms with van der Waals surface area (Å²) in [5, 5.41) is 11.7. The van der Waals surface area contributed by atoms with Gasteiger partial charge >= 0.3 is 12.0 Å². The number of rotatable bonds is 6. The molecule has 0 spiro atoms. The molecule has 2 atom stereocenters. The molecule has 0 saturated carbocycles. The summed E-state index contributed by atoms with van der Waals surface area (Å²) in [5.41, 5.74) is 0. The third-order valence-corrected chi connectivity index (χ3v) is 3.40. The summed E-state index contributed by atoms with van der Waals surface area (Å²) in [6.45, 7) is 5.11. The number of carboxylic acids is 1. The van der Waals surface area contributed by atoms with Crippen LogP contribution in [0.2, 0.25) is 0 Å². The Morgan fingerprint density at radius 3 is 2.60 bits per heavy atom. The highest BCUT2D eigenvalue weighted by atomic mass is 16.5. The Hall–Kier alpha value is -1.30. The Bertz CT molecular complexity index is 327. The molecular formula is C14H26N2O4. The Balaban J connectivity index is 2.43. The van der Waals surface area contributed by atoms with E-state index < -0.39 is 12.0 Å². The van der Waals surface area contributed by atoms with E-state index in [4.69, 9.17) is 9.84 Å². The fourth-order valence-electron chi connectivity index (χ4n) is 2.29. The summed E-state index contributed by atoms with van der Waals surface area (Å²) >= 11 is 0. The zero-order chi connectivity index (χ0) is 15.1. The lowest BCUT2D eigenvalue weighted by Crippen LogP contribution is -2.49. The molecule has 0 aliphatic carbocycles. The minimum absolute atomic E-state index is 0.0628. The molecule has 0 aromatic heterocycles. The van der Waals surface area contributed by atoms with Gasteiger partial charge < -0.3 is 20.1 Å². The van der Waals surface area contributed by atoms with Crippen LogP contribution in [0.1, 0.15) is 39.5 Å². The summed E-state index contributed by atoms with van der Waals surface area (Å²) in [5.74, 6) is -0.780. The molecule has 1 heterocycles. The highest BCUT2D eigenvalue weighted by Gasteiger charge is 2.24. The summed E-state index contributed by atoms with van der Waals surface area (Å²) < 4.78 is 5.58.